The van der Waals surface area contributed by atoms with E-state index >= 15 is 0 Å². The Balaban J connectivity index is 2.66. The van der Waals surface area contributed by atoms with Crippen LogP contribution in [-0.2, 0) is 14.8 Å². The Morgan fingerprint density at radius 1 is 1.26 bits per heavy atom. The number of amides is 1. The molecule has 0 unspecified atom stereocenters. The van der Waals surface area contributed by atoms with E-state index in [9.17, 15) is 13.2 Å². The smallest absolute Gasteiger partial charge is 0.260 e. The average molecular weight is 342 g/mol. The lowest BCUT2D eigenvalue weighted by Gasteiger charge is -2.19. The molecule has 0 heterocycles. The van der Waals surface area contributed by atoms with Crippen molar-refractivity contribution in [2.75, 3.05) is 17.6 Å². The second kappa shape index (κ2) is 8.19. The Bertz CT molecular complexity index is 613. The number of rotatable bonds is 8. The molecule has 23 heavy (non-hydrogen) atoms. The van der Waals surface area contributed by atoms with E-state index in [4.69, 9.17) is 4.74 Å². The van der Waals surface area contributed by atoms with Crippen molar-refractivity contribution in [3.63, 3.8) is 0 Å². The molecule has 1 aromatic carbocycles. The molecule has 1 rings (SSSR count). The van der Waals surface area contributed by atoms with Crippen LogP contribution < -0.4 is 14.4 Å². The van der Waals surface area contributed by atoms with Crippen molar-refractivity contribution in [3.8, 4) is 5.75 Å². The molecule has 1 amide bonds. The number of ether oxygens (including phenoxy) is 1. The number of anilines is 1. The van der Waals surface area contributed by atoms with Crippen LogP contribution in [0.2, 0.25) is 0 Å². The van der Waals surface area contributed by atoms with Crippen LogP contribution in [0.4, 0.5) is 5.69 Å². The summed E-state index contributed by atoms with van der Waals surface area (Å²) in [6, 6.07) is 6.69. The lowest BCUT2D eigenvalue weighted by atomic mass is 10.2. The van der Waals surface area contributed by atoms with Crippen molar-refractivity contribution in [2.45, 2.75) is 45.8 Å². The van der Waals surface area contributed by atoms with Gasteiger partial charge in [0.2, 0.25) is 10.0 Å². The van der Waals surface area contributed by atoms with Gasteiger partial charge in [0.25, 0.3) is 5.91 Å². The molecule has 0 saturated carbocycles. The van der Waals surface area contributed by atoms with E-state index in [2.05, 4.69) is 12.2 Å². The van der Waals surface area contributed by atoms with Gasteiger partial charge < -0.3 is 10.1 Å². The summed E-state index contributed by atoms with van der Waals surface area (Å²) in [5.41, 5.74) is 0.536. The quantitative estimate of drug-likeness (QED) is 0.785. The van der Waals surface area contributed by atoms with Crippen LogP contribution in [-0.4, -0.2) is 39.8 Å². The Morgan fingerprint density at radius 2 is 1.83 bits per heavy atom. The van der Waals surface area contributed by atoms with Crippen molar-refractivity contribution in [1.82, 2.24) is 5.32 Å². The Hall–Kier alpha value is -1.76. The largest absolute Gasteiger partial charge is 0.481 e. The van der Waals surface area contributed by atoms with Gasteiger partial charge in [0.05, 0.1) is 11.9 Å². The topological polar surface area (TPSA) is 75.7 Å². The zero-order valence-corrected chi connectivity index (χ0v) is 15.2. The van der Waals surface area contributed by atoms with E-state index < -0.39 is 16.1 Å². The summed E-state index contributed by atoms with van der Waals surface area (Å²) in [6.07, 6.45) is 2.45. The minimum absolute atomic E-state index is 0.115. The predicted molar refractivity (Wildman–Crippen MR) is 92.3 cm³/mol. The number of nitrogens with zero attached hydrogens (tertiary/aromatic N) is 1. The van der Waals surface area contributed by atoms with Gasteiger partial charge in [0.1, 0.15) is 5.75 Å². The molecule has 0 bridgehead atoms. The summed E-state index contributed by atoms with van der Waals surface area (Å²) in [6.45, 7) is 5.71. The molecule has 0 spiro atoms. The van der Waals surface area contributed by atoms with Crippen LogP contribution in [0.15, 0.2) is 24.3 Å². The van der Waals surface area contributed by atoms with Crippen molar-refractivity contribution in [2.24, 2.45) is 0 Å². The highest BCUT2D eigenvalue weighted by Gasteiger charge is 2.17. The fourth-order valence-corrected chi connectivity index (χ4v) is 2.55. The van der Waals surface area contributed by atoms with Gasteiger partial charge in [-0.3, -0.25) is 9.10 Å². The highest BCUT2D eigenvalue weighted by Crippen LogP contribution is 2.21. The first-order valence-corrected chi connectivity index (χ1v) is 9.51. The van der Waals surface area contributed by atoms with Gasteiger partial charge in [0.15, 0.2) is 6.10 Å². The minimum atomic E-state index is -3.30. The van der Waals surface area contributed by atoms with Crippen LogP contribution in [0.5, 0.6) is 5.75 Å². The summed E-state index contributed by atoms with van der Waals surface area (Å²) in [5, 5.41) is 2.90. The van der Waals surface area contributed by atoms with Gasteiger partial charge in [-0.15, -0.1) is 0 Å². The third kappa shape index (κ3) is 6.09. The number of hydrogen-bond donors (Lipinski definition) is 1. The van der Waals surface area contributed by atoms with Gasteiger partial charge >= 0.3 is 0 Å². The summed E-state index contributed by atoms with van der Waals surface area (Å²) in [4.78, 5) is 12.0. The summed E-state index contributed by atoms with van der Waals surface area (Å²) < 4.78 is 29.7. The second-order valence-electron chi connectivity index (χ2n) is 5.68. The van der Waals surface area contributed by atoms with Crippen LogP contribution in [0, 0.1) is 0 Å². The fourth-order valence-electron chi connectivity index (χ4n) is 2.05. The van der Waals surface area contributed by atoms with Crippen molar-refractivity contribution in [3.05, 3.63) is 24.3 Å². The minimum Gasteiger partial charge on any atom is -0.481 e. The molecule has 0 radical (unpaired) electrons. The fraction of sp³-hybridized carbons (Fsp3) is 0.562. The Morgan fingerprint density at radius 3 is 2.30 bits per heavy atom. The lowest BCUT2D eigenvalue weighted by molar-refractivity contribution is -0.127. The third-order valence-corrected chi connectivity index (χ3v) is 4.70. The van der Waals surface area contributed by atoms with Crippen molar-refractivity contribution in [1.29, 1.82) is 0 Å². The molecule has 0 saturated heterocycles. The molecule has 2 atom stereocenters. The van der Waals surface area contributed by atoms with E-state index in [-0.39, 0.29) is 11.9 Å². The molecule has 0 fully saturated rings. The summed E-state index contributed by atoms with van der Waals surface area (Å²) >= 11 is 0. The Labute approximate surface area is 138 Å². The van der Waals surface area contributed by atoms with Gasteiger partial charge in [-0.25, -0.2) is 8.42 Å². The SMILES string of the molecule is CCC[C@H](C)NC(=O)[C@@H](C)Oc1ccc(N(C)S(C)(=O)=O)cc1. The first-order chi connectivity index (χ1) is 10.6. The molecule has 0 aromatic heterocycles. The van der Waals surface area contributed by atoms with E-state index in [0.717, 1.165) is 19.1 Å². The highest BCUT2D eigenvalue weighted by atomic mass is 32.2. The van der Waals surface area contributed by atoms with Crippen LogP contribution in [0.3, 0.4) is 0 Å². The monoisotopic (exact) mass is 342 g/mol. The van der Waals surface area contributed by atoms with E-state index in [1.165, 1.54) is 11.4 Å². The maximum absolute atomic E-state index is 12.0. The standard InChI is InChI=1S/C16H26N2O4S/c1-6-7-12(2)17-16(19)13(3)22-15-10-8-14(9-11-15)18(4)23(5,20)21/h8-13H,6-7H2,1-5H3,(H,17,19)/t12-,13+/m0/s1. The number of nitrogens with one attached hydrogen (secondary N) is 1. The number of hydrogen-bond acceptors (Lipinski definition) is 4. The molecule has 0 aliphatic carbocycles. The van der Waals surface area contributed by atoms with Gasteiger partial charge in [0, 0.05) is 13.1 Å². The first-order valence-electron chi connectivity index (χ1n) is 7.66. The van der Waals surface area contributed by atoms with E-state index in [1.807, 2.05) is 6.92 Å². The van der Waals surface area contributed by atoms with Crippen molar-refractivity contribution < 1.29 is 17.9 Å². The van der Waals surface area contributed by atoms with E-state index in [1.54, 1.807) is 31.2 Å². The maximum atomic E-state index is 12.0. The van der Waals surface area contributed by atoms with Gasteiger partial charge in [-0.05, 0) is 44.5 Å². The lowest BCUT2D eigenvalue weighted by Crippen LogP contribution is -2.41. The normalized spacial score (nSPS) is 14.0. The number of carbonyl (C=O) groups is 1. The van der Waals surface area contributed by atoms with Gasteiger partial charge in [-0.1, -0.05) is 13.3 Å². The summed E-state index contributed by atoms with van der Waals surface area (Å²) in [5.74, 6) is 0.352. The molecule has 1 aromatic rings. The highest BCUT2D eigenvalue weighted by molar-refractivity contribution is 7.92. The number of carbonyl (C=O) groups excluding carboxylic acids is 1. The molecule has 1 N–H and O–H groups in total. The zero-order valence-electron chi connectivity index (χ0n) is 14.4. The second-order valence-corrected chi connectivity index (χ2v) is 7.70. The summed E-state index contributed by atoms with van der Waals surface area (Å²) in [7, 11) is -1.81. The third-order valence-electron chi connectivity index (χ3n) is 3.49. The first kappa shape index (κ1) is 19.3. The number of sulfonamides is 1. The Kier molecular flexibility index (Phi) is 6.87. The zero-order chi connectivity index (χ0) is 17.6. The van der Waals surface area contributed by atoms with Crippen molar-refractivity contribution >= 4 is 21.6 Å². The van der Waals surface area contributed by atoms with Crippen LogP contribution in [0.1, 0.15) is 33.6 Å². The molecule has 0 aliphatic rings. The van der Waals surface area contributed by atoms with Crippen LogP contribution in [0.25, 0.3) is 0 Å². The van der Waals surface area contributed by atoms with Gasteiger partial charge in [-0.2, -0.15) is 0 Å². The van der Waals surface area contributed by atoms with E-state index in [0.29, 0.717) is 11.4 Å². The average Bonchev–Trinajstić information content (AvgIpc) is 2.46. The molecule has 0 aliphatic heterocycles. The molecular formula is C16H26N2O4S. The molecule has 130 valence electrons. The maximum Gasteiger partial charge on any atom is 0.260 e. The molecule has 7 heteroatoms. The number of benzene rings is 1. The predicted octanol–water partition coefficient (Wildman–Crippen LogP) is 2.15. The molecular weight excluding hydrogens is 316 g/mol. The molecule has 6 nitrogen and oxygen atoms in total. The van der Waals surface area contributed by atoms with Crippen LogP contribution >= 0.6 is 0 Å².